The fourth-order valence-electron chi connectivity index (χ4n) is 3.73. The molecule has 3 aliphatic heterocycles. The number of fused-ring (bicyclic) bond motifs is 1. The number of aliphatic hydroxyl groups is 9. The predicted octanol–water partition coefficient (Wildman–Crippen LogP) is -5.93. The van der Waals surface area contributed by atoms with E-state index in [1.807, 2.05) is 0 Å². The van der Waals surface area contributed by atoms with E-state index in [1.165, 1.54) is 6.92 Å². The number of aliphatic hydroxyl groups excluding tert-OH is 8. The Kier molecular flexibility index (Phi) is 9.35. The fourth-order valence-corrected chi connectivity index (χ4v) is 3.73. The Morgan fingerprint density at radius 1 is 0.818 bits per heavy atom. The van der Waals surface area contributed by atoms with Crippen LogP contribution in [0.2, 0.25) is 0 Å². The summed E-state index contributed by atoms with van der Waals surface area (Å²) in [6, 6.07) is 0. The van der Waals surface area contributed by atoms with E-state index in [4.69, 9.17) is 28.4 Å². The Bertz CT molecular complexity index is 605. The molecule has 0 aliphatic carbocycles. The van der Waals surface area contributed by atoms with Crippen LogP contribution in [0.15, 0.2) is 0 Å². The summed E-state index contributed by atoms with van der Waals surface area (Å²) in [5.41, 5.74) is 0. The molecule has 3 heterocycles. The van der Waals surface area contributed by atoms with E-state index < -0.39 is 106 Å². The number of rotatable bonds is 11. The van der Waals surface area contributed by atoms with Crippen LogP contribution in [0.3, 0.4) is 0 Å². The maximum Gasteiger partial charge on any atom is 0.209 e. The summed E-state index contributed by atoms with van der Waals surface area (Å²) in [5.74, 6) is 0. The van der Waals surface area contributed by atoms with Crippen LogP contribution in [-0.4, -0.2) is 152 Å². The molecule has 0 aromatic rings. The number of hydrogen-bond donors (Lipinski definition) is 9. The van der Waals surface area contributed by atoms with Gasteiger partial charge >= 0.3 is 0 Å². The van der Waals surface area contributed by atoms with Gasteiger partial charge in [0, 0.05) is 0 Å². The van der Waals surface area contributed by atoms with Crippen molar-refractivity contribution in [1.82, 2.24) is 0 Å². The quantitative estimate of drug-likeness (QED) is 0.0971. The smallest absolute Gasteiger partial charge is 0.209 e. The first-order chi connectivity index (χ1) is 15.6. The van der Waals surface area contributed by atoms with Crippen LogP contribution in [0.25, 0.3) is 0 Å². The van der Waals surface area contributed by atoms with Crippen molar-refractivity contribution >= 4 is 0 Å². The van der Waals surface area contributed by atoms with Gasteiger partial charge < -0.3 is 74.4 Å². The summed E-state index contributed by atoms with van der Waals surface area (Å²) < 4.78 is 32.0. The Hall–Kier alpha value is -0.600. The molecule has 33 heavy (non-hydrogen) atoms. The Labute approximate surface area is 188 Å². The SMILES string of the molecule is CC(O)C(CO)OC(OC1C(CO)OC(OC2C(CO)OC3OC3C2O)C(O)C1O)C(O)O. The highest BCUT2D eigenvalue weighted by atomic mass is 16.8. The van der Waals surface area contributed by atoms with Crippen LogP contribution in [0.4, 0.5) is 0 Å². The molecule has 0 aromatic carbocycles. The summed E-state index contributed by atoms with van der Waals surface area (Å²) >= 11 is 0. The third kappa shape index (κ3) is 5.97. The molecule has 0 amide bonds. The molecule has 0 radical (unpaired) electrons. The molecular weight excluding hydrogens is 456 g/mol. The van der Waals surface area contributed by atoms with Gasteiger partial charge in [0.05, 0.1) is 25.9 Å². The summed E-state index contributed by atoms with van der Waals surface area (Å²) in [7, 11) is 0. The maximum atomic E-state index is 10.6. The monoisotopic (exact) mass is 488 g/mol. The van der Waals surface area contributed by atoms with Crippen molar-refractivity contribution < 1.29 is 74.4 Å². The van der Waals surface area contributed by atoms with E-state index >= 15 is 0 Å². The van der Waals surface area contributed by atoms with E-state index in [0.29, 0.717) is 0 Å². The van der Waals surface area contributed by atoms with Gasteiger partial charge in [0.25, 0.3) is 0 Å². The summed E-state index contributed by atoms with van der Waals surface area (Å²) in [4.78, 5) is 0. The topological polar surface area (TPSA) is 241 Å². The minimum absolute atomic E-state index is 0.544. The van der Waals surface area contributed by atoms with Crippen molar-refractivity contribution in [3.63, 3.8) is 0 Å². The third-order valence-electron chi connectivity index (χ3n) is 5.68. The van der Waals surface area contributed by atoms with Crippen molar-refractivity contribution in [3.05, 3.63) is 0 Å². The standard InChI is InChI=1S/C18H32O15/c1-5(22)6(2-19)28-18(15(26)27)32-12-7(3-20)29-16(10(24)9(12)23)31-13-8(4-21)30-17-14(33-17)11(13)25/h5-27H,2-4H2,1H3. The highest BCUT2D eigenvalue weighted by Crippen LogP contribution is 2.38. The second-order valence-corrected chi connectivity index (χ2v) is 8.10. The van der Waals surface area contributed by atoms with Gasteiger partial charge in [-0.1, -0.05) is 0 Å². The third-order valence-corrected chi connectivity index (χ3v) is 5.68. The van der Waals surface area contributed by atoms with Gasteiger partial charge in [-0.05, 0) is 6.92 Å². The highest BCUT2D eigenvalue weighted by Gasteiger charge is 2.58. The predicted molar refractivity (Wildman–Crippen MR) is 99.8 cm³/mol. The molecule has 15 nitrogen and oxygen atoms in total. The molecule has 9 N–H and O–H groups in total. The van der Waals surface area contributed by atoms with E-state index in [-0.39, 0.29) is 0 Å². The maximum absolute atomic E-state index is 10.6. The van der Waals surface area contributed by atoms with Crippen LogP contribution in [0.5, 0.6) is 0 Å². The largest absolute Gasteiger partial charge is 0.394 e. The van der Waals surface area contributed by atoms with Crippen molar-refractivity contribution in [2.45, 2.75) is 93.1 Å². The van der Waals surface area contributed by atoms with Crippen LogP contribution in [-0.2, 0) is 28.4 Å². The minimum atomic E-state index is -2.29. The number of ether oxygens (including phenoxy) is 6. The lowest BCUT2D eigenvalue weighted by Gasteiger charge is -2.45. The van der Waals surface area contributed by atoms with Crippen molar-refractivity contribution in [3.8, 4) is 0 Å². The van der Waals surface area contributed by atoms with Crippen molar-refractivity contribution in [2.24, 2.45) is 0 Å². The first-order valence-electron chi connectivity index (χ1n) is 10.5. The second-order valence-electron chi connectivity index (χ2n) is 8.10. The van der Waals surface area contributed by atoms with Crippen LogP contribution >= 0.6 is 0 Å². The van der Waals surface area contributed by atoms with Crippen LogP contribution in [0, 0.1) is 0 Å². The first-order valence-corrected chi connectivity index (χ1v) is 10.5. The van der Waals surface area contributed by atoms with Gasteiger partial charge in [-0.15, -0.1) is 0 Å². The molecular formula is C18H32O15. The van der Waals surface area contributed by atoms with E-state index in [9.17, 15) is 46.0 Å². The molecule has 3 fully saturated rings. The molecule has 13 atom stereocenters. The van der Waals surface area contributed by atoms with Gasteiger partial charge in [-0.3, -0.25) is 0 Å². The van der Waals surface area contributed by atoms with Gasteiger partial charge in [0.15, 0.2) is 12.6 Å². The number of hydrogen-bond acceptors (Lipinski definition) is 15. The van der Waals surface area contributed by atoms with E-state index in [0.717, 1.165) is 0 Å². The average molecular weight is 488 g/mol. The summed E-state index contributed by atoms with van der Waals surface area (Å²) in [6.07, 6.45) is -19.7. The fraction of sp³-hybridized carbons (Fsp3) is 1.00. The van der Waals surface area contributed by atoms with Crippen LogP contribution in [0.1, 0.15) is 6.92 Å². The zero-order chi connectivity index (χ0) is 24.4. The Balaban J connectivity index is 1.69. The van der Waals surface area contributed by atoms with Crippen molar-refractivity contribution in [1.29, 1.82) is 0 Å². The molecule has 0 aromatic heterocycles. The zero-order valence-corrected chi connectivity index (χ0v) is 17.7. The molecule has 0 spiro atoms. The molecule has 3 rings (SSSR count). The van der Waals surface area contributed by atoms with Gasteiger partial charge in [-0.25, -0.2) is 0 Å². The lowest BCUT2D eigenvalue weighted by Crippen LogP contribution is -2.63. The minimum Gasteiger partial charge on any atom is -0.394 e. The second kappa shape index (κ2) is 11.4. The molecule has 194 valence electrons. The van der Waals surface area contributed by atoms with Gasteiger partial charge in [0.1, 0.15) is 54.9 Å². The first kappa shape index (κ1) is 27.0. The normalized spacial score (nSPS) is 43.7. The molecule has 3 saturated heterocycles. The Morgan fingerprint density at radius 3 is 2.00 bits per heavy atom. The Morgan fingerprint density at radius 2 is 1.45 bits per heavy atom. The van der Waals surface area contributed by atoms with Crippen LogP contribution < -0.4 is 0 Å². The molecule has 15 heteroatoms. The average Bonchev–Trinajstić information content (AvgIpc) is 3.56. The molecule has 13 unspecified atom stereocenters. The summed E-state index contributed by atoms with van der Waals surface area (Å²) in [5, 5.41) is 88.6. The molecule has 0 saturated carbocycles. The zero-order valence-electron chi connectivity index (χ0n) is 17.7. The molecule has 3 aliphatic rings. The highest BCUT2D eigenvalue weighted by molar-refractivity contribution is 4.99. The van der Waals surface area contributed by atoms with Crippen molar-refractivity contribution in [2.75, 3.05) is 19.8 Å². The summed E-state index contributed by atoms with van der Waals surface area (Å²) in [6.45, 7) is -0.735. The molecule has 0 bridgehead atoms. The van der Waals surface area contributed by atoms with Gasteiger partial charge in [0.2, 0.25) is 12.6 Å². The lowest BCUT2D eigenvalue weighted by atomic mass is 9.98. The number of epoxide rings is 1. The van der Waals surface area contributed by atoms with Gasteiger partial charge in [-0.2, -0.15) is 0 Å². The lowest BCUT2D eigenvalue weighted by molar-refractivity contribution is -0.365. The van der Waals surface area contributed by atoms with E-state index in [1.54, 1.807) is 0 Å². The van der Waals surface area contributed by atoms with E-state index in [2.05, 4.69) is 0 Å².